The molecule has 7 heteroatoms. The molecule has 106 valence electrons. The van der Waals surface area contributed by atoms with Crippen LogP contribution in [0.15, 0.2) is 45.4 Å². The van der Waals surface area contributed by atoms with Crippen molar-refractivity contribution >= 4 is 21.6 Å². The van der Waals surface area contributed by atoms with Crippen LogP contribution in [0.2, 0.25) is 0 Å². The van der Waals surface area contributed by atoms with E-state index >= 15 is 0 Å². The number of nitrogens with two attached hydrogens (primary N) is 1. The Morgan fingerprint density at radius 3 is 2.62 bits per heavy atom. The Kier molecular flexibility index (Phi) is 3.34. The zero-order chi connectivity index (χ0) is 15.0. The standard InChI is InChI=1S/C14H9BrFN3O2/c15-9-5-8(1-3-11(9)17)14-18-13(19-21-14)7-2-4-12(20)10(16)6-7/h1-6,20H,17H2. The Hall–Kier alpha value is -2.41. The predicted octanol–water partition coefficient (Wildman–Crippen LogP) is 3.59. The summed E-state index contributed by atoms with van der Waals surface area (Å²) in [5.74, 6) is -0.643. The molecule has 3 N–H and O–H groups in total. The molecular weight excluding hydrogens is 341 g/mol. The van der Waals surface area contributed by atoms with Crippen molar-refractivity contribution in [1.29, 1.82) is 0 Å². The van der Waals surface area contributed by atoms with Crippen LogP contribution < -0.4 is 5.73 Å². The van der Waals surface area contributed by atoms with Crippen molar-refractivity contribution in [3.05, 3.63) is 46.7 Å². The van der Waals surface area contributed by atoms with Gasteiger partial charge in [0, 0.05) is 21.3 Å². The lowest BCUT2D eigenvalue weighted by molar-refractivity contribution is 0.430. The van der Waals surface area contributed by atoms with Gasteiger partial charge in [-0.05, 0) is 52.3 Å². The number of aromatic nitrogens is 2. The van der Waals surface area contributed by atoms with Gasteiger partial charge in [0.05, 0.1) is 0 Å². The fraction of sp³-hybridized carbons (Fsp3) is 0. The molecule has 5 nitrogen and oxygen atoms in total. The minimum Gasteiger partial charge on any atom is -0.505 e. The summed E-state index contributed by atoms with van der Waals surface area (Å²) in [5.41, 5.74) is 7.41. The van der Waals surface area contributed by atoms with Crippen LogP contribution in [-0.2, 0) is 0 Å². The summed E-state index contributed by atoms with van der Waals surface area (Å²) in [7, 11) is 0. The van der Waals surface area contributed by atoms with Crippen molar-refractivity contribution < 1.29 is 14.0 Å². The van der Waals surface area contributed by atoms with Crippen LogP contribution in [-0.4, -0.2) is 15.2 Å². The van der Waals surface area contributed by atoms with Crippen LogP contribution in [0.5, 0.6) is 5.75 Å². The molecule has 0 unspecified atom stereocenters. The van der Waals surface area contributed by atoms with Gasteiger partial charge in [0.15, 0.2) is 11.6 Å². The van der Waals surface area contributed by atoms with Crippen LogP contribution in [0.3, 0.4) is 0 Å². The highest BCUT2D eigenvalue weighted by Gasteiger charge is 2.13. The molecule has 3 rings (SSSR count). The Morgan fingerprint density at radius 1 is 1.14 bits per heavy atom. The smallest absolute Gasteiger partial charge is 0.258 e. The zero-order valence-corrected chi connectivity index (χ0v) is 12.1. The maximum atomic E-state index is 13.3. The first-order valence-corrected chi connectivity index (χ1v) is 6.72. The van der Waals surface area contributed by atoms with E-state index in [0.29, 0.717) is 22.7 Å². The summed E-state index contributed by atoms with van der Waals surface area (Å²) >= 11 is 3.32. The molecule has 0 saturated heterocycles. The summed E-state index contributed by atoms with van der Waals surface area (Å²) in [5, 5.41) is 13.0. The summed E-state index contributed by atoms with van der Waals surface area (Å²) in [6.45, 7) is 0. The average Bonchev–Trinajstić information content (AvgIpc) is 2.94. The van der Waals surface area contributed by atoms with Gasteiger partial charge in [0.2, 0.25) is 5.82 Å². The third kappa shape index (κ3) is 2.59. The molecule has 2 aromatic carbocycles. The molecule has 1 heterocycles. The third-order valence-corrected chi connectivity index (χ3v) is 3.57. The number of hydrogen-bond donors (Lipinski definition) is 2. The predicted molar refractivity (Wildman–Crippen MR) is 78.9 cm³/mol. The Bertz CT molecular complexity index is 754. The Labute approximate surface area is 127 Å². The molecule has 0 amide bonds. The molecule has 0 fully saturated rings. The lowest BCUT2D eigenvalue weighted by Crippen LogP contribution is -1.87. The van der Waals surface area contributed by atoms with Crippen molar-refractivity contribution in [2.75, 3.05) is 5.73 Å². The first-order chi connectivity index (χ1) is 10.0. The number of benzene rings is 2. The monoisotopic (exact) mass is 349 g/mol. The molecule has 0 bridgehead atoms. The van der Waals surface area contributed by atoms with Gasteiger partial charge in [-0.25, -0.2) is 4.39 Å². The normalized spacial score (nSPS) is 10.8. The molecule has 1 aromatic heterocycles. The maximum absolute atomic E-state index is 13.3. The minimum absolute atomic E-state index is 0.233. The number of nitrogens with zero attached hydrogens (tertiary/aromatic N) is 2. The lowest BCUT2D eigenvalue weighted by Gasteiger charge is -1.99. The van der Waals surface area contributed by atoms with Crippen molar-refractivity contribution in [2.24, 2.45) is 0 Å². The van der Waals surface area contributed by atoms with E-state index in [2.05, 4.69) is 26.1 Å². The highest BCUT2D eigenvalue weighted by molar-refractivity contribution is 9.10. The second kappa shape index (κ2) is 5.17. The number of hydrogen-bond acceptors (Lipinski definition) is 5. The number of rotatable bonds is 2. The molecule has 0 atom stereocenters. The number of phenols is 1. The molecule has 3 aromatic rings. The molecule has 0 radical (unpaired) electrons. The van der Waals surface area contributed by atoms with Crippen LogP contribution in [0, 0.1) is 5.82 Å². The number of anilines is 1. The lowest BCUT2D eigenvalue weighted by atomic mass is 10.2. The molecule has 0 aliphatic heterocycles. The molecular formula is C14H9BrFN3O2. The third-order valence-electron chi connectivity index (χ3n) is 2.88. The quantitative estimate of drug-likeness (QED) is 0.690. The average molecular weight is 350 g/mol. The highest BCUT2D eigenvalue weighted by Crippen LogP contribution is 2.28. The highest BCUT2D eigenvalue weighted by atomic mass is 79.9. The van der Waals surface area contributed by atoms with Crippen molar-refractivity contribution in [1.82, 2.24) is 10.1 Å². The van der Waals surface area contributed by atoms with Gasteiger partial charge in [-0.1, -0.05) is 5.16 Å². The fourth-order valence-electron chi connectivity index (χ4n) is 1.76. The topological polar surface area (TPSA) is 85.2 Å². The van der Waals surface area contributed by atoms with E-state index in [1.165, 1.54) is 12.1 Å². The minimum atomic E-state index is -0.742. The number of halogens is 2. The van der Waals surface area contributed by atoms with E-state index in [9.17, 15) is 9.50 Å². The van der Waals surface area contributed by atoms with E-state index in [0.717, 1.165) is 10.5 Å². The largest absolute Gasteiger partial charge is 0.505 e. The van der Waals surface area contributed by atoms with E-state index in [1.807, 2.05) is 0 Å². The molecule has 0 saturated carbocycles. The Morgan fingerprint density at radius 2 is 1.90 bits per heavy atom. The van der Waals surface area contributed by atoms with Crippen molar-refractivity contribution in [3.63, 3.8) is 0 Å². The molecule has 0 spiro atoms. The fourth-order valence-corrected chi connectivity index (χ4v) is 2.14. The van der Waals surface area contributed by atoms with Crippen LogP contribution >= 0.6 is 15.9 Å². The first-order valence-electron chi connectivity index (χ1n) is 5.92. The van der Waals surface area contributed by atoms with Crippen molar-refractivity contribution in [2.45, 2.75) is 0 Å². The second-order valence-electron chi connectivity index (χ2n) is 4.33. The van der Waals surface area contributed by atoms with Gasteiger partial charge in [-0.15, -0.1) is 0 Å². The summed E-state index contributed by atoms with van der Waals surface area (Å²) in [4.78, 5) is 4.20. The van der Waals surface area contributed by atoms with Gasteiger partial charge in [-0.2, -0.15) is 4.98 Å². The summed E-state index contributed by atoms with van der Waals surface area (Å²) in [6.07, 6.45) is 0. The van der Waals surface area contributed by atoms with Gasteiger partial charge < -0.3 is 15.4 Å². The molecule has 0 aliphatic rings. The van der Waals surface area contributed by atoms with E-state index < -0.39 is 11.6 Å². The number of nitrogen functional groups attached to an aromatic ring is 1. The van der Waals surface area contributed by atoms with Gasteiger partial charge in [-0.3, -0.25) is 0 Å². The SMILES string of the molecule is Nc1ccc(-c2nc(-c3ccc(O)c(F)c3)no2)cc1Br. The van der Waals surface area contributed by atoms with Crippen LogP contribution in [0.25, 0.3) is 22.8 Å². The first kappa shape index (κ1) is 13.6. The van der Waals surface area contributed by atoms with E-state index in [1.54, 1.807) is 18.2 Å². The Balaban J connectivity index is 1.99. The van der Waals surface area contributed by atoms with Crippen LogP contribution in [0.1, 0.15) is 0 Å². The summed E-state index contributed by atoms with van der Waals surface area (Å²) in [6, 6.07) is 9.09. The number of phenolic OH excluding ortho intramolecular Hbond substituents is 1. The van der Waals surface area contributed by atoms with Crippen molar-refractivity contribution in [3.8, 4) is 28.6 Å². The van der Waals surface area contributed by atoms with E-state index in [-0.39, 0.29) is 5.82 Å². The van der Waals surface area contributed by atoms with Gasteiger partial charge in [0.1, 0.15) is 0 Å². The molecule has 21 heavy (non-hydrogen) atoms. The second-order valence-corrected chi connectivity index (χ2v) is 5.18. The van der Waals surface area contributed by atoms with Gasteiger partial charge in [0.25, 0.3) is 5.89 Å². The summed E-state index contributed by atoms with van der Waals surface area (Å²) < 4.78 is 19.2. The van der Waals surface area contributed by atoms with Gasteiger partial charge >= 0.3 is 0 Å². The zero-order valence-electron chi connectivity index (χ0n) is 10.5. The number of aromatic hydroxyl groups is 1. The maximum Gasteiger partial charge on any atom is 0.258 e. The van der Waals surface area contributed by atoms with E-state index in [4.69, 9.17) is 10.3 Å². The molecule has 0 aliphatic carbocycles. The van der Waals surface area contributed by atoms with Crippen LogP contribution in [0.4, 0.5) is 10.1 Å².